The predicted molar refractivity (Wildman–Crippen MR) is 124 cm³/mol. The summed E-state index contributed by atoms with van der Waals surface area (Å²) in [5.74, 6) is -2.99. The minimum atomic E-state index is -1.18. The van der Waals surface area contributed by atoms with Crippen LogP contribution in [0.1, 0.15) is 21.4 Å². The first-order valence-corrected chi connectivity index (χ1v) is 11.4. The molecule has 0 aliphatic heterocycles. The van der Waals surface area contributed by atoms with Crippen LogP contribution >= 0.6 is 24.0 Å². The Morgan fingerprint density at radius 1 is 1.17 bits per heavy atom. The van der Waals surface area contributed by atoms with Crippen molar-refractivity contribution in [2.24, 2.45) is 0 Å². The summed E-state index contributed by atoms with van der Waals surface area (Å²) < 4.78 is 37.7. The first kappa shape index (κ1) is 24.4. The number of carbonyl (C=O) groups is 2. The van der Waals surface area contributed by atoms with Crippen molar-refractivity contribution in [1.82, 2.24) is 14.9 Å². The highest BCUT2D eigenvalue weighted by atomic mass is 32.1. The number of ether oxygens (including phenoxy) is 1. The summed E-state index contributed by atoms with van der Waals surface area (Å²) >= 11 is 5.39. The monoisotopic (exact) mass is 517 g/mol. The van der Waals surface area contributed by atoms with E-state index in [0.29, 0.717) is 26.8 Å². The maximum atomic E-state index is 13.6. The summed E-state index contributed by atoms with van der Waals surface area (Å²) in [7, 11) is 0. The number of carbonyl (C=O) groups excluding carboxylic acids is 1. The third kappa shape index (κ3) is 6.03. The molecule has 12 heteroatoms. The quantitative estimate of drug-likeness (QED) is 0.311. The van der Waals surface area contributed by atoms with Crippen molar-refractivity contribution in [2.75, 3.05) is 6.54 Å². The van der Waals surface area contributed by atoms with Crippen LogP contribution in [0.3, 0.4) is 0 Å². The Morgan fingerprint density at radius 2 is 1.91 bits per heavy atom. The van der Waals surface area contributed by atoms with Gasteiger partial charge in [-0.3, -0.25) is 9.59 Å². The Labute approximate surface area is 207 Å². The Kier molecular flexibility index (Phi) is 7.42. The van der Waals surface area contributed by atoms with E-state index in [-0.39, 0.29) is 24.7 Å². The SMILES string of the molecule is O=C(O)CN(Cc1ncco1)C(=O)c1csc(COc2ccc(-c3cc(F)c(F)cc3S)cc2)n1. The number of amides is 1. The van der Waals surface area contributed by atoms with Crippen LogP contribution in [-0.4, -0.2) is 38.4 Å². The topological polar surface area (TPSA) is 106 Å². The summed E-state index contributed by atoms with van der Waals surface area (Å²) in [5, 5.41) is 11.2. The fraction of sp³-hybridized carbons (Fsp3) is 0.130. The lowest BCUT2D eigenvalue weighted by Crippen LogP contribution is -2.35. The van der Waals surface area contributed by atoms with E-state index in [1.165, 1.54) is 29.2 Å². The molecular weight excluding hydrogens is 500 g/mol. The number of aromatic nitrogens is 2. The number of oxazole rings is 1. The summed E-state index contributed by atoms with van der Waals surface area (Å²) in [6.45, 7) is -0.582. The molecule has 1 amide bonds. The average molecular weight is 518 g/mol. The number of carboxylic acids is 1. The Hall–Kier alpha value is -3.77. The number of halogens is 2. The summed E-state index contributed by atoms with van der Waals surface area (Å²) in [5.41, 5.74) is 1.15. The lowest BCUT2D eigenvalue weighted by Gasteiger charge is -2.17. The van der Waals surface area contributed by atoms with Crippen LogP contribution in [0.15, 0.2) is 63.6 Å². The summed E-state index contributed by atoms with van der Waals surface area (Å²) in [6, 6.07) is 8.79. The molecule has 180 valence electrons. The van der Waals surface area contributed by atoms with Crippen molar-refractivity contribution in [3.63, 3.8) is 0 Å². The predicted octanol–water partition coefficient (Wildman–Crippen LogP) is 4.67. The van der Waals surface area contributed by atoms with Gasteiger partial charge in [0.15, 0.2) is 11.6 Å². The van der Waals surface area contributed by atoms with Crippen LogP contribution in [0.4, 0.5) is 8.78 Å². The maximum absolute atomic E-state index is 13.6. The first-order chi connectivity index (χ1) is 16.8. The van der Waals surface area contributed by atoms with Crippen LogP contribution in [-0.2, 0) is 17.9 Å². The minimum absolute atomic E-state index is 0.0684. The van der Waals surface area contributed by atoms with Gasteiger partial charge in [0, 0.05) is 10.3 Å². The van der Waals surface area contributed by atoms with Gasteiger partial charge in [-0.15, -0.1) is 24.0 Å². The highest BCUT2D eigenvalue weighted by Crippen LogP contribution is 2.30. The van der Waals surface area contributed by atoms with Crippen molar-refractivity contribution >= 4 is 35.8 Å². The number of hydrogen-bond donors (Lipinski definition) is 2. The largest absolute Gasteiger partial charge is 0.486 e. The smallest absolute Gasteiger partial charge is 0.323 e. The van der Waals surface area contributed by atoms with Gasteiger partial charge in [-0.25, -0.2) is 18.7 Å². The van der Waals surface area contributed by atoms with E-state index in [1.54, 1.807) is 24.3 Å². The van der Waals surface area contributed by atoms with Gasteiger partial charge in [0.25, 0.3) is 5.91 Å². The standard InChI is InChI=1S/C23H17F2N3O5S2/c24-16-7-15(19(34)8-17(16)25)13-1-3-14(4-2-13)33-11-21-27-18(12-35-21)23(31)28(10-22(29)30)9-20-26-5-6-32-20/h1-8,12,34H,9-11H2,(H,29,30). The molecule has 0 atom stereocenters. The van der Waals surface area contributed by atoms with Gasteiger partial charge in [0.1, 0.15) is 35.9 Å². The molecule has 4 aromatic rings. The Balaban J connectivity index is 1.40. The van der Waals surface area contributed by atoms with Crippen molar-refractivity contribution in [1.29, 1.82) is 0 Å². The Morgan fingerprint density at radius 3 is 2.60 bits per heavy atom. The van der Waals surface area contributed by atoms with Crippen molar-refractivity contribution in [3.05, 3.63) is 82.5 Å². The molecule has 0 spiro atoms. The van der Waals surface area contributed by atoms with Gasteiger partial charge in [0.05, 0.1) is 12.7 Å². The molecule has 2 aromatic heterocycles. The summed E-state index contributed by atoms with van der Waals surface area (Å²) in [4.78, 5) is 33.5. The molecule has 4 rings (SSSR count). The van der Waals surface area contributed by atoms with E-state index < -0.39 is 30.1 Å². The Bertz CT molecular complexity index is 1340. The van der Waals surface area contributed by atoms with E-state index in [1.807, 2.05) is 0 Å². The number of hydrogen-bond acceptors (Lipinski definition) is 8. The highest BCUT2D eigenvalue weighted by molar-refractivity contribution is 7.80. The average Bonchev–Trinajstić information content (AvgIpc) is 3.52. The molecule has 8 nitrogen and oxygen atoms in total. The number of rotatable bonds is 9. The van der Waals surface area contributed by atoms with Gasteiger partial charge >= 0.3 is 5.97 Å². The number of thiol groups is 1. The van der Waals surface area contributed by atoms with Crippen LogP contribution in [0.25, 0.3) is 11.1 Å². The lowest BCUT2D eigenvalue weighted by atomic mass is 10.1. The van der Waals surface area contributed by atoms with E-state index in [4.69, 9.17) is 14.3 Å². The van der Waals surface area contributed by atoms with Crippen molar-refractivity contribution < 1.29 is 32.6 Å². The van der Waals surface area contributed by atoms with Crippen LogP contribution in [0.5, 0.6) is 5.75 Å². The zero-order valence-electron chi connectivity index (χ0n) is 17.9. The number of nitrogens with zero attached hydrogens (tertiary/aromatic N) is 3. The molecule has 0 saturated heterocycles. The van der Waals surface area contributed by atoms with Crippen LogP contribution in [0, 0.1) is 11.6 Å². The van der Waals surface area contributed by atoms with Crippen molar-refractivity contribution in [3.8, 4) is 16.9 Å². The number of carboxylic acid groups (broad SMARTS) is 1. The zero-order valence-corrected chi connectivity index (χ0v) is 19.6. The fourth-order valence-electron chi connectivity index (χ4n) is 3.14. The van der Waals surface area contributed by atoms with Crippen LogP contribution < -0.4 is 4.74 Å². The molecule has 2 heterocycles. The number of aliphatic carboxylic acids is 1. The minimum Gasteiger partial charge on any atom is -0.486 e. The summed E-state index contributed by atoms with van der Waals surface area (Å²) in [6.07, 6.45) is 2.73. The van der Waals surface area contributed by atoms with Gasteiger partial charge in [-0.2, -0.15) is 0 Å². The third-order valence-corrected chi connectivity index (χ3v) is 5.95. The van der Waals surface area contributed by atoms with Gasteiger partial charge < -0.3 is 19.2 Å². The van der Waals surface area contributed by atoms with E-state index in [2.05, 4.69) is 22.6 Å². The molecule has 1 N–H and O–H groups in total. The fourth-order valence-corrected chi connectivity index (χ4v) is 4.12. The van der Waals surface area contributed by atoms with Crippen LogP contribution in [0.2, 0.25) is 0 Å². The van der Waals surface area contributed by atoms with E-state index >= 15 is 0 Å². The van der Waals surface area contributed by atoms with E-state index in [9.17, 15) is 18.4 Å². The highest BCUT2D eigenvalue weighted by Gasteiger charge is 2.23. The molecule has 0 aliphatic rings. The molecular formula is C23H17F2N3O5S2. The molecule has 0 saturated carbocycles. The first-order valence-electron chi connectivity index (χ1n) is 10.0. The molecule has 0 aliphatic carbocycles. The molecule has 0 bridgehead atoms. The second kappa shape index (κ2) is 10.7. The molecule has 0 unspecified atom stereocenters. The third-order valence-electron chi connectivity index (χ3n) is 4.76. The lowest BCUT2D eigenvalue weighted by molar-refractivity contribution is -0.137. The maximum Gasteiger partial charge on any atom is 0.323 e. The molecule has 2 aromatic carbocycles. The normalized spacial score (nSPS) is 10.8. The second-order valence-corrected chi connectivity index (χ2v) is 8.63. The van der Waals surface area contributed by atoms with Crippen molar-refractivity contribution in [2.45, 2.75) is 18.0 Å². The molecule has 0 radical (unpaired) electrons. The molecule has 0 fully saturated rings. The molecule has 35 heavy (non-hydrogen) atoms. The van der Waals surface area contributed by atoms with Gasteiger partial charge in [-0.05, 0) is 35.4 Å². The number of benzene rings is 2. The number of thiazole rings is 1. The van der Waals surface area contributed by atoms with Gasteiger partial charge in [-0.1, -0.05) is 12.1 Å². The second-order valence-electron chi connectivity index (χ2n) is 7.20. The zero-order chi connectivity index (χ0) is 24.9. The van der Waals surface area contributed by atoms with E-state index in [0.717, 1.165) is 17.0 Å². The van der Waals surface area contributed by atoms with Gasteiger partial charge in [0.2, 0.25) is 5.89 Å².